The Labute approximate surface area is 159 Å². The summed E-state index contributed by atoms with van der Waals surface area (Å²) in [5.41, 5.74) is 1.03. The van der Waals surface area contributed by atoms with Crippen LogP contribution in [0.5, 0.6) is 11.5 Å². The highest BCUT2D eigenvalue weighted by atomic mass is 32.2. The zero-order valence-electron chi connectivity index (χ0n) is 15.4. The summed E-state index contributed by atoms with van der Waals surface area (Å²) in [6.45, 7) is 6.05. The molecule has 0 aliphatic carbocycles. The molecule has 3 heterocycles. The van der Waals surface area contributed by atoms with Crippen LogP contribution in [0.2, 0.25) is 0 Å². The molecule has 27 heavy (non-hydrogen) atoms. The average molecular weight is 392 g/mol. The van der Waals surface area contributed by atoms with Gasteiger partial charge < -0.3 is 14.4 Å². The van der Waals surface area contributed by atoms with Crippen LogP contribution in [-0.2, 0) is 16.6 Å². The summed E-state index contributed by atoms with van der Waals surface area (Å²) in [5.74, 6) is 1.51. The lowest BCUT2D eigenvalue weighted by molar-refractivity contribution is 0.171. The lowest BCUT2D eigenvalue weighted by Crippen LogP contribution is -2.35. The first-order chi connectivity index (χ1) is 13.1. The van der Waals surface area contributed by atoms with E-state index in [4.69, 9.17) is 9.47 Å². The van der Waals surface area contributed by atoms with Gasteiger partial charge >= 0.3 is 0 Å². The Morgan fingerprint density at radius 2 is 1.89 bits per heavy atom. The third kappa shape index (κ3) is 3.61. The van der Waals surface area contributed by atoms with E-state index in [1.165, 1.54) is 6.20 Å². The smallest absolute Gasteiger partial charge is 0.246 e. The molecule has 8 nitrogen and oxygen atoms in total. The first kappa shape index (κ1) is 18.1. The van der Waals surface area contributed by atoms with Crippen LogP contribution in [0, 0.1) is 0 Å². The molecular formula is C18H24N4O4S. The van der Waals surface area contributed by atoms with E-state index in [2.05, 4.69) is 10.00 Å². The molecule has 0 atom stereocenters. The molecule has 1 aromatic carbocycles. The van der Waals surface area contributed by atoms with Gasteiger partial charge in [-0.3, -0.25) is 4.68 Å². The Morgan fingerprint density at radius 1 is 1.07 bits per heavy atom. The standard InChI is InChI=1S/C18H24N4O4S/c1-2-21-14-16(13-19-21)27(23,24)22-7-3-6-20(8-9-22)15-4-5-17-18(12-15)26-11-10-25-17/h4-5,12-14H,2-3,6-11H2,1H3. The molecule has 2 aromatic rings. The van der Waals surface area contributed by atoms with E-state index in [-0.39, 0.29) is 4.90 Å². The zero-order chi connectivity index (χ0) is 18.9. The number of benzene rings is 1. The van der Waals surface area contributed by atoms with Crippen molar-refractivity contribution in [3.8, 4) is 11.5 Å². The molecule has 0 saturated carbocycles. The summed E-state index contributed by atoms with van der Waals surface area (Å²) in [5, 5.41) is 4.10. The Morgan fingerprint density at radius 3 is 2.67 bits per heavy atom. The van der Waals surface area contributed by atoms with Crippen molar-refractivity contribution < 1.29 is 17.9 Å². The van der Waals surface area contributed by atoms with E-state index in [1.54, 1.807) is 15.2 Å². The summed E-state index contributed by atoms with van der Waals surface area (Å²) < 4.78 is 40.3. The van der Waals surface area contributed by atoms with Crippen LogP contribution in [0.1, 0.15) is 13.3 Å². The van der Waals surface area contributed by atoms with Gasteiger partial charge in [-0.05, 0) is 25.5 Å². The third-order valence-electron chi connectivity index (χ3n) is 4.92. The highest BCUT2D eigenvalue weighted by Crippen LogP contribution is 2.34. The van der Waals surface area contributed by atoms with Gasteiger partial charge in [0.15, 0.2) is 11.5 Å². The molecule has 0 N–H and O–H groups in total. The van der Waals surface area contributed by atoms with Crippen molar-refractivity contribution in [2.24, 2.45) is 0 Å². The van der Waals surface area contributed by atoms with Gasteiger partial charge in [-0.25, -0.2) is 8.42 Å². The summed E-state index contributed by atoms with van der Waals surface area (Å²) in [7, 11) is -3.52. The van der Waals surface area contributed by atoms with Crippen LogP contribution in [0.15, 0.2) is 35.5 Å². The number of hydrogen-bond donors (Lipinski definition) is 0. The monoisotopic (exact) mass is 392 g/mol. The van der Waals surface area contributed by atoms with Gasteiger partial charge in [0.05, 0.1) is 6.20 Å². The lowest BCUT2D eigenvalue weighted by atomic mass is 10.2. The Bertz CT molecular complexity index is 912. The largest absolute Gasteiger partial charge is 0.486 e. The number of aryl methyl sites for hydroxylation is 1. The van der Waals surface area contributed by atoms with Crippen LogP contribution in [-0.4, -0.2) is 61.9 Å². The number of hydrogen-bond acceptors (Lipinski definition) is 6. The molecular weight excluding hydrogens is 368 g/mol. The molecule has 1 aromatic heterocycles. The molecule has 146 valence electrons. The number of sulfonamides is 1. The van der Waals surface area contributed by atoms with Crippen LogP contribution in [0.4, 0.5) is 5.69 Å². The molecule has 0 bridgehead atoms. The first-order valence-corrected chi connectivity index (χ1v) is 10.7. The van der Waals surface area contributed by atoms with E-state index in [0.29, 0.717) is 39.4 Å². The highest BCUT2D eigenvalue weighted by Gasteiger charge is 2.28. The van der Waals surface area contributed by atoms with Crippen molar-refractivity contribution in [1.82, 2.24) is 14.1 Å². The van der Waals surface area contributed by atoms with Crippen molar-refractivity contribution in [2.75, 3.05) is 44.3 Å². The lowest BCUT2D eigenvalue weighted by Gasteiger charge is -2.25. The van der Waals surface area contributed by atoms with E-state index in [9.17, 15) is 8.42 Å². The molecule has 0 amide bonds. The van der Waals surface area contributed by atoms with E-state index < -0.39 is 10.0 Å². The number of rotatable bonds is 4. The van der Waals surface area contributed by atoms with Crippen molar-refractivity contribution >= 4 is 15.7 Å². The first-order valence-electron chi connectivity index (χ1n) is 9.25. The maximum atomic E-state index is 12.9. The minimum Gasteiger partial charge on any atom is -0.486 e. The molecule has 2 aliphatic heterocycles. The summed E-state index contributed by atoms with van der Waals surface area (Å²) in [4.78, 5) is 2.46. The topological polar surface area (TPSA) is 76.9 Å². The molecule has 0 spiro atoms. The number of fused-ring (bicyclic) bond motifs is 1. The molecule has 0 unspecified atom stereocenters. The van der Waals surface area contributed by atoms with Gasteiger partial charge in [0, 0.05) is 50.7 Å². The zero-order valence-corrected chi connectivity index (χ0v) is 16.2. The van der Waals surface area contributed by atoms with Crippen molar-refractivity contribution in [3.63, 3.8) is 0 Å². The third-order valence-corrected chi connectivity index (χ3v) is 6.77. The number of ether oxygens (including phenoxy) is 2. The molecule has 9 heteroatoms. The maximum Gasteiger partial charge on any atom is 0.246 e. The predicted molar refractivity (Wildman–Crippen MR) is 101 cm³/mol. The van der Waals surface area contributed by atoms with Gasteiger partial charge in [-0.15, -0.1) is 0 Å². The molecule has 2 aliphatic rings. The quantitative estimate of drug-likeness (QED) is 0.786. The summed E-state index contributed by atoms with van der Waals surface area (Å²) in [6.07, 6.45) is 3.79. The Kier molecular flexibility index (Phi) is 4.96. The average Bonchev–Trinajstić information content (AvgIpc) is 3.05. The van der Waals surface area contributed by atoms with Gasteiger partial charge in [0.1, 0.15) is 18.1 Å². The number of nitrogens with zero attached hydrogens (tertiary/aromatic N) is 4. The van der Waals surface area contributed by atoms with E-state index >= 15 is 0 Å². The van der Waals surface area contributed by atoms with Crippen LogP contribution in [0.3, 0.4) is 0 Å². The maximum absolute atomic E-state index is 12.9. The van der Waals surface area contributed by atoms with Crippen molar-refractivity contribution in [2.45, 2.75) is 24.8 Å². The fourth-order valence-electron chi connectivity index (χ4n) is 3.42. The molecule has 4 rings (SSSR count). The minimum atomic E-state index is -3.52. The second kappa shape index (κ2) is 7.40. The van der Waals surface area contributed by atoms with Crippen LogP contribution < -0.4 is 14.4 Å². The van der Waals surface area contributed by atoms with E-state index in [1.807, 2.05) is 25.1 Å². The summed E-state index contributed by atoms with van der Waals surface area (Å²) >= 11 is 0. The van der Waals surface area contributed by atoms with Crippen LogP contribution in [0.25, 0.3) is 0 Å². The predicted octanol–water partition coefficient (Wildman–Crippen LogP) is 1.58. The normalized spacial score (nSPS) is 18.3. The van der Waals surface area contributed by atoms with Crippen molar-refractivity contribution in [1.29, 1.82) is 0 Å². The van der Waals surface area contributed by atoms with E-state index in [0.717, 1.165) is 30.2 Å². The minimum absolute atomic E-state index is 0.261. The number of aromatic nitrogens is 2. The Hall–Kier alpha value is -2.26. The van der Waals surface area contributed by atoms with Gasteiger partial charge in [-0.1, -0.05) is 0 Å². The second-order valence-corrected chi connectivity index (χ2v) is 8.54. The van der Waals surface area contributed by atoms with Gasteiger partial charge in [-0.2, -0.15) is 9.40 Å². The summed E-state index contributed by atoms with van der Waals surface area (Å²) in [6, 6.07) is 5.90. The fourth-order valence-corrected chi connectivity index (χ4v) is 4.85. The van der Waals surface area contributed by atoms with Crippen LogP contribution >= 0.6 is 0 Å². The highest BCUT2D eigenvalue weighted by molar-refractivity contribution is 7.89. The Balaban J connectivity index is 1.49. The second-order valence-electron chi connectivity index (χ2n) is 6.60. The molecule has 1 fully saturated rings. The molecule has 0 radical (unpaired) electrons. The number of anilines is 1. The van der Waals surface area contributed by atoms with Crippen molar-refractivity contribution in [3.05, 3.63) is 30.6 Å². The van der Waals surface area contributed by atoms with Gasteiger partial charge in [0.2, 0.25) is 10.0 Å². The fraction of sp³-hybridized carbons (Fsp3) is 0.500. The SMILES string of the molecule is CCn1cc(S(=O)(=O)N2CCCN(c3ccc4c(c3)OCCO4)CC2)cn1. The molecule has 1 saturated heterocycles. The van der Waals surface area contributed by atoms with Gasteiger partial charge in [0.25, 0.3) is 0 Å².